The molecule has 1 aliphatic heterocycles. The molecule has 0 spiro atoms. The Bertz CT molecular complexity index is 1400. The lowest BCUT2D eigenvalue weighted by molar-refractivity contribution is 0.0730. The number of ether oxygens (including phenoxy) is 1. The Labute approximate surface area is 190 Å². The van der Waals surface area contributed by atoms with Crippen LogP contribution in [0.15, 0.2) is 57.1 Å². The zero-order valence-corrected chi connectivity index (χ0v) is 20.0. The lowest BCUT2D eigenvalue weighted by atomic mass is 10.3. The third-order valence-electron chi connectivity index (χ3n) is 5.13. The summed E-state index contributed by atoms with van der Waals surface area (Å²) in [6.07, 6.45) is 0. The van der Waals surface area contributed by atoms with Crippen LogP contribution in [0.25, 0.3) is 10.2 Å². The molecule has 2 aromatic carbocycles. The first-order valence-corrected chi connectivity index (χ1v) is 13.7. The Kier molecular flexibility index (Phi) is 6.16. The van der Waals surface area contributed by atoms with E-state index in [-0.39, 0.29) is 39.5 Å². The van der Waals surface area contributed by atoms with Crippen LogP contribution in [0.1, 0.15) is 19.9 Å². The molecule has 0 bridgehead atoms. The maximum Gasteiger partial charge on any atom is 0.308 e. The maximum atomic E-state index is 12.9. The van der Waals surface area contributed by atoms with Gasteiger partial charge < -0.3 is 4.74 Å². The number of hydrogen-bond donors (Lipinski definition) is 1. The molecular weight excluding hydrogens is 474 g/mol. The summed E-state index contributed by atoms with van der Waals surface area (Å²) in [6, 6.07) is 10.1. The molecule has 1 aromatic heterocycles. The van der Waals surface area contributed by atoms with Gasteiger partial charge in [0.1, 0.15) is 0 Å². The Morgan fingerprint density at radius 3 is 2.22 bits per heavy atom. The van der Waals surface area contributed by atoms with Crippen molar-refractivity contribution in [2.24, 2.45) is 0 Å². The Hall–Kier alpha value is -2.25. The SMILES string of the molecule is CC(C)n1c(=O)sc2cc(S(=O)(=O)Nc3ccc(S(=O)(=O)N4CCOCC4)cc3)ccc21. The van der Waals surface area contributed by atoms with E-state index in [1.807, 2.05) is 13.8 Å². The van der Waals surface area contributed by atoms with Crippen molar-refractivity contribution in [3.05, 3.63) is 52.1 Å². The van der Waals surface area contributed by atoms with Crippen molar-refractivity contribution in [3.8, 4) is 0 Å². The van der Waals surface area contributed by atoms with Gasteiger partial charge in [0.25, 0.3) is 10.0 Å². The van der Waals surface area contributed by atoms with Crippen molar-refractivity contribution in [2.75, 3.05) is 31.0 Å². The van der Waals surface area contributed by atoms with Crippen LogP contribution in [0.2, 0.25) is 0 Å². The Morgan fingerprint density at radius 2 is 1.59 bits per heavy atom. The average Bonchev–Trinajstić information content (AvgIpc) is 3.09. The number of nitrogens with one attached hydrogen (secondary N) is 1. The zero-order chi connectivity index (χ0) is 23.1. The van der Waals surface area contributed by atoms with Crippen LogP contribution in [-0.4, -0.2) is 52.0 Å². The molecule has 172 valence electrons. The number of aromatic nitrogens is 1. The molecule has 0 unspecified atom stereocenters. The smallest absolute Gasteiger partial charge is 0.308 e. The molecule has 0 atom stereocenters. The zero-order valence-electron chi connectivity index (χ0n) is 17.5. The quantitative estimate of drug-likeness (QED) is 0.560. The van der Waals surface area contributed by atoms with Crippen LogP contribution < -0.4 is 9.60 Å². The first-order valence-electron chi connectivity index (χ1n) is 9.95. The second-order valence-electron chi connectivity index (χ2n) is 7.61. The van der Waals surface area contributed by atoms with Gasteiger partial charge in [-0.1, -0.05) is 11.3 Å². The van der Waals surface area contributed by atoms with Gasteiger partial charge in [0.2, 0.25) is 10.0 Å². The number of sulfonamides is 2. The van der Waals surface area contributed by atoms with Gasteiger partial charge >= 0.3 is 4.87 Å². The lowest BCUT2D eigenvalue weighted by Crippen LogP contribution is -2.40. The highest BCUT2D eigenvalue weighted by atomic mass is 32.2. The first-order chi connectivity index (χ1) is 15.1. The van der Waals surface area contributed by atoms with Crippen LogP contribution in [0.4, 0.5) is 5.69 Å². The minimum Gasteiger partial charge on any atom is -0.379 e. The van der Waals surface area contributed by atoms with Crippen molar-refractivity contribution in [1.29, 1.82) is 0 Å². The molecule has 1 N–H and O–H groups in total. The van der Waals surface area contributed by atoms with Crippen LogP contribution in [-0.2, 0) is 24.8 Å². The highest BCUT2D eigenvalue weighted by molar-refractivity contribution is 7.92. The minimum absolute atomic E-state index is 0.0205. The van der Waals surface area contributed by atoms with E-state index in [0.29, 0.717) is 23.4 Å². The fourth-order valence-corrected chi connectivity index (χ4v) is 7.14. The molecule has 2 heterocycles. The molecule has 4 rings (SSSR count). The number of thiazole rings is 1. The van der Waals surface area contributed by atoms with Gasteiger partial charge in [0.05, 0.1) is 33.2 Å². The van der Waals surface area contributed by atoms with Gasteiger partial charge in [-0.2, -0.15) is 4.31 Å². The molecule has 12 heteroatoms. The second-order valence-corrected chi connectivity index (χ2v) is 12.2. The molecule has 1 aliphatic rings. The average molecular weight is 498 g/mol. The minimum atomic E-state index is -3.93. The molecule has 9 nitrogen and oxygen atoms in total. The maximum absolute atomic E-state index is 12.9. The normalized spacial score (nSPS) is 16.0. The van der Waals surface area contributed by atoms with Gasteiger partial charge in [-0.05, 0) is 56.3 Å². The summed E-state index contributed by atoms with van der Waals surface area (Å²) in [7, 11) is -7.59. The molecule has 0 amide bonds. The summed E-state index contributed by atoms with van der Waals surface area (Å²) in [4.78, 5) is 12.2. The fraction of sp³-hybridized carbons (Fsp3) is 0.350. The fourth-order valence-electron chi connectivity index (χ4n) is 3.52. The molecule has 3 aromatic rings. The van der Waals surface area contributed by atoms with Crippen molar-refractivity contribution >= 4 is 47.3 Å². The third-order valence-corrected chi connectivity index (χ3v) is 9.34. The van der Waals surface area contributed by atoms with Gasteiger partial charge in [-0.15, -0.1) is 0 Å². The van der Waals surface area contributed by atoms with Gasteiger partial charge in [-0.3, -0.25) is 14.1 Å². The second kappa shape index (κ2) is 8.60. The van der Waals surface area contributed by atoms with E-state index in [2.05, 4.69) is 4.72 Å². The summed E-state index contributed by atoms with van der Waals surface area (Å²) in [5.41, 5.74) is 0.922. The molecule has 0 aliphatic carbocycles. The number of rotatable bonds is 6. The van der Waals surface area contributed by atoms with Gasteiger partial charge in [-0.25, -0.2) is 16.8 Å². The van der Waals surface area contributed by atoms with E-state index >= 15 is 0 Å². The van der Waals surface area contributed by atoms with Gasteiger partial charge in [0.15, 0.2) is 0 Å². The Morgan fingerprint density at radius 1 is 0.969 bits per heavy atom. The van der Waals surface area contributed by atoms with Crippen molar-refractivity contribution in [1.82, 2.24) is 8.87 Å². The highest BCUT2D eigenvalue weighted by Gasteiger charge is 2.26. The van der Waals surface area contributed by atoms with E-state index in [0.717, 1.165) is 11.3 Å². The van der Waals surface area contributed by atoms with Crippen LogP contribution in [0.3, 0.4) is 0 Å². The predicted octanol–water partition coefficient (Wildman–Crippen LogP) is 2.47. The molecule has 0 radical (unpaired) electrons. The van der Waals surface area contributed by atoms with Crippen LogP contribution in [0, 0.1) is 0 Å². The first kappa shape index (κ1) is 22.9. The van der Waals surface area contributed by atoms with E-state index in [4.69, 9.17) is 4.74 Å². The molecule has 32 heavy (non-hydrogen) atoms. The number of nitrogens with zero attached hydrogens (tertiary/aromatic N) is 2. The topological polar surface area (TPSA) is 115 Å². The third kappa shape index (κ3) is 4.33. The number of fused-ring (bicyclic) bond motifs is 1. The summed E-state index contributed by atoms with van der Waals surface area (Å²) in [5.74, 6) is 0. The van der Waals surface area contributed by atoms with E-state index in [1.165, 1.54) is 40.7 Å². The molecule has 1 saturated heterocycles. The summed E-state index contributed by atoms with van der Waals surface area (Å²) >= 11 is 0.997. The van der Waals surface area contributed by atoms with E-state index in [1.54, 1.807) is 10.6 Å². The standard InChI is InChI=1S/C20H23N3O6S3/c1-14(2)23-18-8-7-17(13-19(18)30-20(23)24)31(25,26)21-15-3-5-16(6-4-15)32(27,28)22-9-11-29-12-10-22/h3-8,13-14,21H,9-12H2,1-2H3. The summed E-state index contributed by atoms with van der Waals surface area (Å²) < 4.78 is 62.4. The largest absolute Gasteiger partial charge is 0.379 e. The molecular formula is C20H23N3O6S3. The highest BCUT2D eigenvalue weighted by Crippen LogP contribution is 2.26. The van der Waals surface area contributed by atoms with E-state index in [9.17, 15) is 21.6 Å². The van der Waals surface area contributed by atoms with Crippen molar-refractivity contribution in [2.45, 2.75) is 29.7 Å². The number of anilines is 1. The lowest BCUT2D eigenvalue weighted by Gasteiger charge is -2.26. The monoisotopic (exact) mass is 497 g/mol. The molecule has 0 saturated carbocycles. The van der Waals surface area contributed by atoms with Crippen LogP contribution >= 0.6 is 11.3 Å². The van der Waals surface area contributed by atoms with Crippen molar-refractivity contribution in [3.63, 3.8) is 0 Å². The Balaban J connectivity index is 1.58. The van der Waals surface area contributed by atoms with Crippen LogP contribution in [0.5, 0.6) is 0 Å². The summed E-state index contributed by atoms with van der Waals surface area (Å²) in [5, 5.41) is 0. The number of morpholine rings is 1. The number of benzene rings is 2. The van der Waals surface area contributed by atoms with Gasteiger partial charge in [0, 0.05) is 24.8 Å². The summed E-state index contributed by atoms with van der Waals surface area (Å²) in [6.45, 7) is 5.03. The predicted molar refractivity (Wildman–Crippen MR) is 123 cm³/mol. The number of hydrogen-bond acceptors (Lipinski definition) is 7. The van der Waals surface area contributed by atoms with E-state index < -0.39 is 20.0 Å². The molecule has 1 fully saturated rings. The van der Waals surface area contributed by atoms with Crippen molar-refractivity contribution < 1.29 is 21.6 Å².